The molecule has 11 heteroatoms. The van der Waals surface area contributed by atoms with Gasteiger partial charge < -0.3 is 26.8 Å². The van der Waals surface area contributed by atoms with Crippen molar-refractivity contribution in [2.75, 3.05) is 17.8 Å². The third-order valence-electron chi connectivity index (χ3n) is 4.43. The van der Waals surface area contributed by atoms with E-state index < -0.39 is 47.9 Å². The predicted octanol–water partition coefficient (Wildman–Crippen LogP) is -0.202. The van der Waals surface area contributed by atoms with E-state index in [0.29, 0.717) is 12.2 Å². The van der Waals surface area contributed by atoms with Crippen molar-refractivity contribution in [1.29, 1.82) is 0 Å². The Balaban J connectivity index is 2.85. The molecule has 9 nitrogen and oxygen atoms in total. The third-order valence-corrected chi connectivity index (χ3v) is 5.44. The van der Waals surface area contributed by atoms with Crippen LogP contribution < -0.4 is 21.7 Å². The second-order valence-corrected chi connectivity index (χ2v) is 8.30. The summed E-state index contributed by atoms with van der Waals surface area (Å²) in [6.07, 6.45) is 2.58. The SMILES string of the molecule is CSCCC(N)C(=O)NC(Cc1ccccc1)C(=O)NC(C)C(=O)NC(CS)C(=O)O. The zero-order valence-corrected chi connectivity index (χ0v) is 19.2. The van der Waals surface area contributed by atoms with Crippen LogP contribution in [0.4, 0.5) is 0 Å². The lowest BCUT2D eigenvalue weighted by Crippen LogP contribution is -2.57. The molecule has 6 N–H and O–H groups in total. The van der Waals surface area contributed by atoms with Crippen LogP contribution in [0, 0.1) is 0 Å². The van der Waals surface area contributed by atoms with E-state index in [1.807, 2.05) is 36.6 Å². The first-order valence-corrected chi connectivity index (χ1v) is 11.7. The predicted molar refractivity (Wildman–Crippen MR) is 124 cm³/mol. The number of hydrogen-bond donors (Lipinski definition) is 6. The molecule has 31 heavy (non-hydrogen) atoms. The second kappa shape index (κ2) is 13.9. The highest BCUT2D eigenvalue weighted by Gasteiger charge is 2.28. The summed E-state index contributed by atoms with van der Waals surface area (Å²) in [6, 6.07) is 5.20. The molecule has 4 unspecified atom stereocenters. The van der Waals surface area contributed by atoms with Gasteiger partial charge in [-0.2, -0.15) is 24.4 Å². The van der Waals surface area contributed by atoms with Gasteiger partial charge in [0, 0.05) is 12.2 Å². The van der Waals surface area contributed by atoms with Crippen LogP contribution >= 0.6 is 24.4 Å². The Bertz CT molecular complexity index is 750. The van der Waals surface area contributed by atoms with Crippen LogP contribution in [0.5, 0.6) is 0 Å². The molecule has 0 aliphatic carbocycles. The van der Waals surface area contributed by atoms with Gasteiger partial charge in [0.1, 0.15) is 18.1 Å². The van der Waals surface area contributed by atoms with Gasteiger partial charge in [-0.1, -0.05) is 30.3 Å². The summed E-state index contributed by atoms with van der Waals surface area (Å²) in [5.41, 5.74) is 6.73. The van der Waals surface area contributed by atoms with Crippen molar-refractivity contribution in [3.05, 3.63) is 35.9 Å². The number of carbonyl (C=O) groups is 4. The standard InChI is InChI=1S/C20H30N4O5S2/c1-12(17(25)24-16(11-30)20(28)29)22-19(27)15(10-13-6-4-3-5-7-13)23-18(26)14(21)8-9-31-2/h3-7,12,14-16,30H,8-11,21H2,1-2H3,(H,22,27)(H,23,26)(H,24,25)(H,28,29). The van der Waals surface area contributed by atoms with Crippen LogP contribution in [0.3, 0.4) is 0 Å². The van der Waals surface area contributed by atoms with Crippen molar-refractivity contribution < 1.29 is 24.3 Å². The van der Waals surface area contributed by atoms with Gasteiger partial charge in [0.25, 0.3) is 0 Å². The molecule has 3 amide bonds. The van der Waals surface area contributed by atoms with Crippen LogP contribution in [0.1, 0.15) is 18.9 Å². The molecular weight excluding hydrogens is 440 g/mol. The van der Waals surface area contributed by atoms with E-state index in [1.54, 1.807) is 11.8 Å². The summed E-state index contributed by atoms with van der Waals surface area (Å²) < 4.78 is 0. The van der Waals surface area contributed by atoms with E-state index >= 15 is 0 Å². The number of aliphatic carboxylic acids is 1. The Kier molecular flexibility index (Phi) is 12.1. The molecule has 0 radical (unpaired) electrons. The zero-order chi connectivity index (χ0) is 23.4. The smallest absolute Gasteiger partial charge is 0.327 e. The van der Waals surface area contributed by atoms with Crippen molar-refractivity contribution >= 4 is 48.1 Å². The van der Waals surface area contributed by atoms with Gasteiger partial charge in [-0.05, 0) is 30.9 Å². The van der Waals surface area contributed by atoms with Crippen molar-refractivity contribution in [3.8, 4) is 0 Å². The van der Waals surface area contributed by atoms with E-state index in [2.05, 4.69) is 28.6 Å². The Morgan fingerprint density at radius 1 is 1.03 bits per heavy atom. The Labute approximate surface area is 191 Å². The molecule has 172 valence electrons. The van der Waals surface area contributed by atoms with E-state index in [4.69, 9.17) is 10.8 Å². The number of carboxylic acid groups (broad SMARTS) is 1. The largest absolute Gasteiger partial charge is 0.480 e. The van der Waals surface area contributed by atoms with Gasteiger partial charge in [-0.25, -0.2) is 4.79 Å². The highest BCUT2D eigenvalue weighted by atomic mass is 32.2. The first-order chi connectivity index (χ1) is 14.7. The minimum atomic E-state index is -1.23. The summed E-state index contributed by atoms with van der Waals surface area (Å²) in [6.45, 7) is 1.43. The first-order valence-electron chi connectivity index (χ1n) is 9.72. The summed E-state index contributed by atoms with van der Waals surface area (Å²) in [7, 11) is 0. The van der Waals surface area contributed by atoms with E-state index in [9.17, 15) is 19.2 Å². The molecule has 1 aromatic carbocycles. The summed E-state index contributed by atoms with van der Waals surface area (Å²) in [5.74, 6) is -2.32. The summed E-state index contributed by atoms with van der Waals surface area (Å²) >= 11 is 5.46. The molecule has 0 aliphatic rings. The lowest BCUT2D eigenvalue weighted by molar-refractivity contribution is -0.141. The molecule has 0 bridgehead atoms. The number of thiol groups is 1. The average Bonchev–Trinajstić information content (AvgIpc) is 2.75. The number of carbonyl (C=O) groups excluding carboxylic acids is 3. The van der Waals surface area contributed by atoms with Crippen molar-refractivity contribution in [2.45, 2.75) is 43.9 Å². The van der Waals surface area contributed by atoms with Gasteiger partial charge in [0.15, 0.2) is 0 Å². The highest BCUT2D eigenvalue weighted by Crippen LogP contribution is 2.06. The van der Waals surface area contributed by atoms with Crippen molar-refractivity contribution in [1.82, 2.24) is 16.0 Å². The fourth-order valence-corrected chi connectivity index (χ4v) is 3.31. The number of nitrogens with two attached hydrogens (primary N) is 1. The number of carboxylic acids is 1. The third kappa shape index (κ3) is 9.62. The van der Waals surface area contributed by atoms with Crippen LogP contribution in [0.2, 0.25) is 0 Å². The average molecular weight is 471 g/mol. The molecule has 0 aliphatic heterocycles. The molecule has 0 fully saturated rings. The van der Waals surface area contributed by atoms with Crippen molar-refractivity contribution in [2.24, 2.45) is 5.73 Å². The van der Waals surface area contributed by atoms with Crippen LogP contribution in [0.25, 0.3) is 0 Å². The first kappa shape index (κ1) is 26.8. The zero-order valence-electron chi connectivity index (χ0n) is 17.5. The molecule has 0 spiro atoms. The molecule has 1 aromatic rings. The lowest BCUT2D eigenvalue weighted by atomic mass is 10.0. The molecule has 1 rings (SSSR count). The van der Waals surface area contributed by atoms with Crippen LogP contribution in [-0.4, -0.2) is 70.7 Å². The fourth-order valence-electron chi connectivity index (χ4n) is 2.58. The van der Waals surface area contributed by atoms with E-state index in [0.717, 1.165) is 5.56 Å². The maximum absolute atomic E-state index is 12.8. The normalized spacial score (nSPS) is 14.6. The summed E-state index contributed by atoms with van der Waals surface area (Å²) in [5, 5.41) is 16.5. The maximum atomic E-state index is 12.8. The molecule has 0 aromatic heterocycles. The van der Waals surface area contributed by atoms with Crippen LogP contribution in [0.15, 0.2) is 30.3 Å². The van der Waals surface area contributed by atoms with Gasteiger partial charge in [0.05, 0.1) is 6.04 Å². The van der Waals surface area contributed by atoms with E-state index in [1.165, 1.54) is 6.92 Å². The number of rotatable bonds is 13. The highest BCUT2D eigenvalue weighted by molar-refractivity contribution is 7.98. The lowest BCUT2D eigenvalue weighted by Gasteiger charge is -2.23. The minimum absolute atomic E-state index is 0.0949. The van der Waals surface area contributed by atoms with Gasteiger partial charge >= 0.3 is 5.97 Å². The van der Waals surface area contributed by atoms with E-state index in [-0.39, 0.29) is 12.2 Å². The Morgan fingerprint density at radius 3 is 2.19 bits per heavy atom. The number of nitrogens with one attached hydrogen (secondary N) is 3. The Hall–Kier alpha value is -2.24. The molecular formula is C20H30N4O5S2. The summed E-state index contributed by atoms with van der Waals surface area (Å²) in [4.78, 5) is 48.6. The topological polar surface area (TPSA) is 151 Å². The quantitative estimate of drug-likeness (QED) is 0.219. The molecule has 4 atom stereocenters. The van der Waals surface area contributed by atoms with Crippen LogP contribution in [-0.2, 0) is 25.6 Å². The fraction of sp³-hybridized carbons (Fsp3) is 0.500. The molecule has 0 saturated carbocycles. The number of hydrogen-bond acceptors (Lipinski definition) is 7. The monoisotopic (exact) mass is 470 g/mol. The number of benzene rings is 1. The second-order valence-electron chi connectivity index (χ2n) is 6.95. The van der Waals surface area contributed by atoms with Gasteiger partial charge in [-0.3, -0.25) is 14.4 Å². The number of amides is 3. The Morgan fingerprint density at radius 2 is 1.65 bits per heavy atom. The van der Waals surface area contributed by atoms with Gasteiger partial charge in [0.2, 0.25) is 17.7 Å². The molecule has 0 heterocycles. The maximum Gasteiger partial charge on any atom is 0.327 e. The molecule has 0 saturated heterocycles. The van der Waals surface area contributed by atoms with Crippen molar-refractivity contribution in [3.63, 3.8) is 0 Å². The van der Waals surface area contributed by atoms with Gasteiger partial charge in [-0.15, -0.1) is 0 Å². The number of thioether (sulfide) groups is 1. The minimum Gasteiger partial charge on any atom is -0.480 e.